The van der Waals surface area contributed by atoms with Crippen LogP contribution in [0.25, 0.3) is 11.4 Å². The van der Waals surface area contributed by atoms with Crippen molar-refractivity contribution in [1.29, 1.82) is 0 Å². The zero-order chi connectivity index (χ0) is 17.1. The third kappa shape index (κ3) is 3.41. The first-order valence-corrected chi connectivity index (χ1v) is 8.35. The van der Waals surface area contributed by atoms with Gasteiger partial charge < -0.3 is 5.10 Å². The Labute approximate surface area is 149 Å². The Kier molecular flexibility index (Phi) is 4.22. The van der Waals surface area contributed by atoms with Crippen LogP contribution in [0.15, 0.2) is 66.9 Å². The summed E-state index contributed by atoms with van der Waals surface area (Å²) in [5, 5.41) is 15.9. The molecule has 7 heteroatoms. The van der Waals surface area contributed by atoms with E-state index in [1.54, 1.807) is 4.80 Å². The van der Waals surface area contributed by atoms with Crippen LogP contribution in [0.4, 0.5) is 0 Å². The van der Waals surface area contributed by atoms with Gasteiger partial charge in [0.05, 0.1) is 18.7 Å². The second-order valence-corrected chi connectivity index (χ2v) is 6.08. The minimum atomic E-state index is 0.531. The molecule has 0 aliphatic carbocycles. The van der Waals surface area contributed by atoms with Crippen LogP contribution in [-0.4, -0.2) is 30.0 Å². The number of nitrogens with zero attached hydrogens (tertiary/aromatic N) is 5. The zero-order valence-corrected chi connectivity index (χ0v) is 14.2. The molecule has 25 heavy (non-hydrogen) atoms. The van der Waals surface area contributed by atoms with Crippen LogP contribution < -0.4 is 0 Å². The van der Waals surface area contributed by atoms with Crippen LogP contribution in [0, 0.1) is 4.64 Å². The van der Waals surface area contributed by atoms with E-state index in [2.05, 4.69) is 32.6 Å². The predicted molar refractivity (Wildman–Crippen MR) is 97.5 cm³/mol. The van der Waals surface area contributed by atoms with Crippen molar-refractivity contribution < 1.29 is 0 Å². The molecule has 0 bridgehead atoms. The van der Waals surface area contributed by atoms with Crippen LogP contribution in [-0.2, 0) is 13.1 Å². The second-order valence-electron chi connectivity index (χ2n) is 5.69. The van der Waals surface area contributed by atoms with Gasteiger partial charge in [0.25, 0.3) is 0 Å². The number of nitrogens with one attached hydrogen (secondary N) is 1. The Balaban J connectivity index is 1.56. The van der Waals surface area contributed by atoms with Crippen LogP contribution >= 0.6 is 12.2 Å². The van der Waals surface area contributed by atoms with E-state index in [1.165, 1.54) is 5.56 Å². The van der Waals surface area contributed by atoms with Crippen molar-refractivity contribution >= 4 is 12.2 Å². The summed E-state index contributed by atoms with van der Waals surface area (Å²) in [6.07, 6.45) is 1.83. The molecule has 0 aliphatic rings. The molecule has 2 aromatic heterocycles. The van der Waals surface area contributed by atoms with E-state index in [-0.39, 0.29) is 0 Å². The summed E-state index contributed by atoms with van der Waals surface area (Å²) in [5.74, 6) is 0.531. The van der Waals surface area contributed by atoms with Crippen LogP contribution in [0.2, 0.25) is 0 Å². The first kappa shape index (κ1) is 15.5. The number of hydrogen-bond donors (Lipinski definition) is 1. The number of aromatic amines is 1. The molecule has 0 unspecified atom stereocenters. The third-order valence-corrected chi connectivity index (χ3v) is 4.32. The van der Waals surface area contributed by atoms with Crippen LogP contribution in [0.5, 0.6) is 0 Å². The lowest BCUT2D eigenvalue weighted by Crippen LogP contribution is -2.03. The Morgan fingerprint density at radius 2 is 1.52 bits per heavy atom. The number of hydrogen-bond acceptors (Lipinski definition) is 4. The van der Waals surface area contributed by atoms with E-state index in [0.29, 0.717) is 23.6 Å². The summed E-state index contributed by atoms with van der Waals surface area (Å²) < 4.78 is 2.57. The molecule has 0 atom stereocenters. The summed E-state index contributed by atoms with van der Waals surface area (Å²) >= 11 is 5.56. The van der Waals surface area contributed by atoms with Crippen molar-refractivity contribution in [1.82, 2.24) is 30.0 Å². The second kappa shape index (κ2) is 6.82. The molecule has 0 saturated heterocycles. The SMILES string of the molecule is S=c1c(-c2nnn(Cc3ccccc3)n2)c[nH]n1Cc1ccccc1. The summed E-state index contributed by atoms with van der Waals surface area (Å²) in [7, 11) is 0. The maximum absolute atomic E-state index is 5.56. The Morgan fingerprint density at radius 3 is 2.20 bits per heavy atom. The van der Waals surface area contributed by atoms with Crippen molar-refractivity contribution in [2.75, 3.05) is 0 Å². The molecule has 4 aromatic rings. The lowest BCUT2D eigenvalue weighted by molar-refractivity contribution is 0.573. The van der Waals surface area contributed by atoms with Crippen LogP contribution in [0.1, 0.15) is 11.1 Å². The number of rotatable bonds is 5. The quantitative estimate of drug-likeness (QED) is 0.562. The van der Waals surface area contributed by atoms with Gasteiger partial charge in [-0.3, -0.25) is 4.68 Å². The van der Waals surface area contributed by atoms with Crippen molar-refractivity contribution in [2.24, 2.45) is 0 Å². The van der Waals surface area contributed by atoms with Crippen molar-refractivity contribution in [3.8, 4) is 11.4 Å². The molecular formula is C18H16N6S. The van der Waals surface area contributed by atoms with Crippen LogP contribution in [0.3, 0.4) is 0 Å². The highest BCUT2D eigenvalue weighted by molar-refractivity contribution is 7.71. The standard InChI is InChI=1S/C18H16N6S/c25-18-16(11-19-23(18)12-14-7-3-1-4-8-14)17-20-22-24(21-17)13-15-9-5-2-6-10-15/h1-11,19H,12-13H2. The highest BCUT2D eigenvalue weighted by atomic mass is 32.1. The third-order valence-electron chi connectivity index (χ3n) is 3.88. The molecule has 0 saturated carbocycles. The first-order chi connectivity index (χ1) is 12.3. The molecule has 4 rings (SSSR count). The summed E-state index contributed by atoms with van der Waals surface area (Å²) in [6, 6.07) is 20.2. The monoisotopic (exact) mass is 348 g/mol. The number of benzene rings is 2. The minimum absolute atomic E-state index is 0.531. The fourth-order valence-electron chi connectivity index (χ4n) is 2.62. The van der Waals surface area contributed by atoms with Gasteiger partial charge in [0.1, 0.15) is 4.64 Å². The molecule has 2 heterocycles. The number of aromatic nitrogens is 6. The Hall–Kier alpha value is -3.06. The molecule has 0 radical (unpaired) electrons. The average Bonchev–Trinajstić information content (AvgIpc) is 3.24. The Morgan fingerprint density at radius 1 is 0.880 bits per heavy atom. The van der Waals surface area contributed by atoms with Crippen molar-refractivity contribution in [3.63, 3.8) is 0 Å². The van der Waals surface area contributed by atoms with E-state index >= 15 is 0 Å². The smallest absolute Gasteiger partial charge is 0.209 e. The summed E-state index contributed by atoms with van der Waals surface area (Å²) in [6.45, 7) is 1.26. The van der Waals surface area contributed by atoms with Gasteiger partial charge in [-0.25, -0.2) is 0 Å². The molecule has 6 nitrogen and oxygen atoms in total. The highest BCUT2D eigenvalue weighted by Crippen LogP contribution is 2.16. The van der Waals surface area contributed by atoms with Crippen molar-refractivity contribution in [2.45, 2.75) is 13.1 Å². The van der Waals surface area contributed by atoms with E-state index < -0.39 is 0 Å². The molecule has 0 aliphatic heterocycles. The van der Waals surface area contributed by atoms with Gasteiger partial charge in [-0.2, -0.15) is 4.80 Å². The zero-order valence-electron chi connectivity index (χ0n) is 13.4. The fraction of sp³-hybridized carbons (Fsp3) is 0.111. The van der Waals surface area contributed by atoms with Gasteiger partial charge in [0, 0.05) is 6.20 Å². The van der Waals surface area contributed by atoms with Gasteiger partial charge in [-0.1, -0.05) is 72.9 Å². The van der Waals surface area contributed by atoms with Gasteiger partial charge in [-0.15, -0.1) is 10.2 Å². The molecule has 0 amide bonds. The van der Waals surface area contributed by atoms with E-state index in [9.17, 15) is 0 Å². The maximum atomic E-state index is 5.56. The summed E-state index contributed by atoms with van der Waals surface area (Å²) in [5.41, 5.74) is 3.08. The van der Waals surface area contributed by atoms with Gasteiger partial charge >= 0.3 is 0 Å². The molecule has 0 spiro atoms. The van der Waals surface area contributed by atoms with E-state index in [1.807, 2.05) is 59.4 Å². The lowest BCUT2D eigenvalue weighted by atomic mass is 10.2. The molecular weight excluding hydrogens is 332 g/mol. The predicted octanol–water partition coefficient (Wildman–Crippen LogP) is 3.30. The number of tetrazole rings is 1. The average molecular weight is 348 g/mol. The topological polar surface area (TPSA) is 64.3 Å². The van der Waals surface area contributed by atoms with E-state index in [0.717, 1.165) is 11.1 Å². The van der Waals surface area contributed by atoms with Gasteiger partial charge in [-0.05, 0) is 16.3 Å². The molecule has 2 aromatic carbocycles. The van der Waals surface area contributed by atoms with E-state index in [4.69, 9.17) is 12.2 Å². The lowest BCUT2D eigenvalue weighted by Gasteiger charge is -2.02. The molecule has 124 valence electrons. The van der Waals surface area contributed by atoms with Gasteiger partial charge in [0.15, 0.2) is 0 Å². The molecule has 0 fully saturated rings. The molecule has 1 N–H and O–H groups in total. The number of H-pyrrole nitrogens is 1. The fourth-order valence-corrected chi connectivity index (χ4v) is 2.88. The highest BCUT2D eigenvalue weighted by Gasteiger charge is 2.12. The Bertz CT molecular complexity index is 1020. The maximum Gasteiger partial charge on any atom is 0.209 e. The van der Waals surface area contributed by atoms with Crippen molar-refractivity contribution in [3.05, 3.63) is 82.6 Å². The van der Waals surface area contributed by atoms with Gasteiger partial charge in [0.2, 0.25) is 5.82 Å². The summed E-state index contributed by atoms with van der Waals surface area (Å²) in [4.78, 5) is 1.58. The first-order valence-electron chi connectivity index (χ1n) is 7.94. The largest absolute Gasteiger partial charge is 0.304 e. The normalized spacial score (nSPS) is 10.9. The minimum Gasteiger partial charge on any atom is -0.304 e.